The van der Waals surface area contributed by atoms with E-state index in [0.717, 1.165) is 17.4 Å². The fourth-order valence-electron chi connectivity index (χ4n) is 2.14. The van der Waals surface area contributed by atoms with Gasteiger partial charge in [0.1, 0.15) is 0 Å². The molecule has 0 spiro atoms. The molecule has 0 bridgehead atoms. The Labute approximate surface area is 90.4 Å². The molecule has 2 heteroatoms. The molecule has 2 atom stereocenters. The van der Waals surface area contributed by atoms with Crippen molar-refractivity contribution < 1.29 is 4.74 Å². The second-order valence-corrected chi connectivity index (χ2v) is 5.23. The van der Waals surface area contributed by atoms with Gasteiger partial charge in [0, 0.05) is 18.5 Å². The monoisotopic (exact) mass is 248 g/mol. The number of hydrogen-bond acceptors (Lipinski definition) is 1. The molecule has 1 aliphatic carbocycles. The van der Waals surface area contributed by atoms with Crippen LogP contribution in [0.25, 0.3) is 0 Å². The van der Waals surface area contributed by atoms with Crippen LogP contribution >= 0.6 is 15.9 Å². The van der Waals surface area contributed by atoms with Gasteiger partial charge in [0.25, 0.3) is 0 Å². The Balaban J connectivity index is 2.05. The molecule has 1 aliphatic rings. The zero-order valence-electron chi connectivity index (χ0n) is 8.60. The molecule has 0 radical (unpaired) electrons. The summed E-state index contributed by atoms with van der Waals surface area (Å²) in [7, 11) is 1.79. The highest BCUT2D eigenvalue weighted by molar-refractivity contribution is 9.09. The van der Waals surface area contributed by atoms with Crippen molar-refractivity contribution in [2.45, 2.75) is 49.8 Å². The normalized spacial score (nSPS) is 29.1. The van der Waals surface area contributed by atoms with Gasteiger partial charge in [-0.15, -0.1) is 0 Å². The van der Waals surface area contributed by atoms with Crippen molar-refractivity contribution in [1.82, 2.24) is 0 Å². The molecular weight excluding hydrogens is 228 g/mol. The molecule has 0 aromatic carbocycles. The van der Waals surface area contributed by atoms with Crippen LogP contribution in [0.2, 0.25) is 0 Å². The van der Waals surface area contributed by atoms with Crippen LogP contribution in [0.5, 0.6) is 0 Å². The number of unbranched alkanes of at least 4 members (excludes halogenated alkanes) is 1. The Morgan fingerprint density at radius 2 is 2.00 bits per heavy atom. The second kappa shape index (κ2) is 6.83. The van der Waals surface area contributed by atoms with E-state index >= 15 is 0 Å². The Morgan fingerprint density at radius 3 is 2.69 bits per heavy atom. The van der Waals surface area contributed by atoms with E-state index in [2.05, 4.69) is 15.9 Å². The van der Waals surface area contributed by atoms with Gasteiger partial charge in [0.05, 0.1) is 0 Å². The first-order valence-electron chi connectivity index (χ1n) is 5.47. The third-order valence-corrected chi connectivity index (χ3v) is 4.20. The van der Waals surface area contributed by atoms with E-state index in [0.29, 0.717) is 0 Å². The summed E-state index contributed by atoms with van der Waals surface area (Å²) in [6.07, 6.45) is 9.63. The van der Waals surface area contributed by atoms with Gasteiger partial charge in [-0.05, 0) is 31.6 Å². The molecule has 13 heavy (non-hydrogen) atoms. The fraction of sp³-hybridized carbons (Fsp3) is 1.00. The summed E-state index contributed by atoms with van der Waals surface area (Å²) in [4.78, 5) is 0.795. The van der Waals surface area contributed by atoms with E-state index in [9.17, 15) is 0 Å². The fourth-order valence-corrected chi connectivity index (χ4v) is 2.99. The number of methoxy groups -OCH3 is 1. The topological polar surface area (TPSA) is 9.23 Å². The van der Waals surface area contributed by atoms with Crippen LogP contribution in [-0.4, -0.2) is 18.5 Å². The molecule has 1 saturated carbocycles. The smallest absolute Gasteiger partial charge is 0.0462 e. The molecule has 78 valence electrons. The lowest BCUT2D eigenvalue weighted by Gasteiger charge is -2.27. The van der Waals surface area contributed by atoms with Gasteiger partial charge in [-0.3, -0.25) is 0 Å². The van der Waals surface area contributed by atoms with Crippen LogP contribution in [0, 0.1) is 5.92 Å². The second-order valence-electron chi connectivity index (χ2n) is 4.05. The summed E-state index contributed by atoms with van der Waals surface area (Å²) in [5.74, 6) is 0.936. The van der Waals surface area contributed by atoms with Crippen molar-refractivity contribution >= 4 is 15.9 Å². The van der Waals surface area contributed by atoms with Crippen molar-refractivity contribution in [3.63, 3.8) is 0 Å². The summed E-state index contributed by atoms with van der Waals surface area (Å²) in [6.45, 7) is 0.930. The van der Waals surface area contributed by atoms with Crippen LogP contribution in [-0.2, 0) is 4.74 Å². The average molecular weight is 249 g/mol. The first-order valence-corrected chi connectivity index (χ1v) is 6.39. The van der Waals surface area contributed by atoms with Gasteiger partial charge >= 0.3 is 0 Å². The van der Waals surface area contributed by atoms with E-state index in [4.69, 9.17) is 4.74 Å². The Kier molecular flexibility index (Phi) is 6.05. The SMILES string of the molecule is COCCCCC1CCCCC1Br. The van der Waals surface area contributed by atoms with Gasteiger partial charge in [0.2, 0.25) is 0 Å². The molecule has 1 nitrogen and oxygen atoms in total. The van der Waals surface area contributed by atoms with Gasteiger partial charge in [-0.1, -0.05) is 35.2 Å². The Hall–Kier alpha value is 0.440. The zero-order valence-corrected chi connectivity index (χ0v) is 10.2. The largest absolute Gasteiger partial charge is 0.385 e. The lowest BCUT2D eigenvalue weighted by atomic mass is 9.86. The molecule has 0 saturated heterocycles. The molecule has 0 aromatic heterocycles. The molecule has 0 heterocycles. The van der Waals surface area contributed by atoms with E-state index in [1.54, 1.807) is 7.11 Å². The third-order valence-electron chi connectivity index (χ3n) is 2.99. The van der Waals surface area contributed by atoms with Crippen LogP contribution in [0.4, 0.5) is 0 Å². The van der Waals surface area contributed by atoms with Crippen molar-refractivity contribution in [1.29, 1.82) is 0 Å². The summed E-state index contributed by atoms with van der Waals surface area (Å²) in [5.41, 5.74) is 0. The quantitative estimate of drug-likeness (QED) is 0.532. The van der Waals surface area contributed by atoms with Gasteiger partial charge in [-0.2, -0.15) is 0 Å². The molecule has 1 rings (SSSR count). The standard InChI is InChI=1S/C11H21BrO/c1-13-9-5-4-7-10-6-2-3-8-11(10)12/h10-11H,2-9H2,1H3. The van der Waals surface area contributed by atoms with Crippen molar-refractivity contribution in [3.8, 4) is 0 Å². The first-order chi connectivity index (χ1) is 6.34. The summed E-state index contributed by atoms with van der Waals surface area (Å²) >= 11 is 3.79. The third kappa shape index (κ3) is 4.46. The van der Waals surface area contributed by atoms with E-state index < -0.39 is 0 Å². The van der Waals surface area contributed by atoms with E-state index in [1.807, 2.05) is 0 Å². The minimum Gasteiger partial charge on any atom is -0.385 e. The summed E-state index contributed by atoms with van der Waals surface area (Å²) < 4.78 is 5.05. The van der Waals surface area contributed by atoms with Gasteiger partial charge in [0.15, 0.2) is 0 Å². The maximum Gasteiger partial charge on any atom is 0.0462 e. The van der Waals surface area contributed by atoms with Gasteiger partial charge < -0.3 is 4.74 Å². The van der Waals surface area contributed by atoms with E-state index in [1.165, 1.54) is 44.9 Å². The number of halogens is 1. The number of hydrogen-bond donors (Lipinski definition) is 0. The summed E-state index contributed by atoms with van der Waals surface area (Å²) in [6, 6.07) is 0. The molecule has 0 aromatic rings. The average Bonchev–Trinajstić information content (AvgIpc) is 2.15. The van der Waals surface area contributed by atoms with Crippen molar-refractivity contribution in [3.05, 3.63) is 0 Å². The molecule has 2 unspecified atom stereocenters. The predicted octanol–water partition coefficient (Wildman–Crippen LogP) is 3.76. The Morgan fingerprint density at radius 1 is 1.23 bits per heavy atom. The zero-order chi connectivity index (χ0) is 9.52. The maximum absolute atomic E-state index is 5.05. The minimum absolute atomic E-state index is 0.795. The predicted molar refractivity (Wildman–Crippen MR) is 60.4 cm³/mol. The lowest BCUT2D eigenvalue weighted by molar-refractivity contribution is 0.188. The molecule has 0 N–H and O–H groups in total. The van der Waals surface area contributed by atoms with Crippen LogP contribution in [0.15, 0.2) is 0 Å². The lowest BCUT2D eigenvalue weighted by Crippen LogP contribution is -2.19. The molecule has 1 fully saturated rings. The number of rotatable bonds is 5. The van der Waals surface area contributed by atoms with Crippen LogP contribution < -0.4 is 0 Å². The number of ether oxygens (including phenoxy) is 1. The van der Waals surface area contributed by atoms with Crippen molar-refractivity contribution in [2.75, 3.05) is 13.7 Å². The Bertz CT molecular complexity index is 127. The highest BCUT2D eigenvalue weighted by Crippen LogP contribution is 2.33. The van der Waals surface area contributed by atoms with Gasteiger partial charge in [-0.25, -0.2) is 0 Å². The van der Waals surface area contributed by atoms with Crippen LogP contribution in [0.1, 0.15) is 44.9 Å². The highest BCUT2D eigenvalue weighted by Gasteiger charge is 2.21. The summed E-state index contributed by atoms with van der Waals surface area (Å²) in [5, 5.41) is 0. The van der Waals surface area contributed by atoms with Crippen molar-refractivity contribution in [2.24, 2.45) is 5.92 Å². The highest BCUT2D eigenvalue weighted by atomic mass is 79.9. The van der Waals surface area contributed by atoms with Crippen LogP contribution in [0.3, 0.4) is 0 Å². The molecular formula is C11H21BrO. The number of alkyl halides is 1. The molecule has 0 aliphatic heterocycles. The first kappa shape index (κ1) is 11.5. The minimum atomic E-state index is 0.795. The molecule has 0 amide bonds. The maximum atomic E-state index is 5.05. The van der Waals surface area contributed by atoms with E-state index in [-0.39, 0.29) is 0 Å².